The molecule has 0 N–H and O–H groups in total. The number of nitrogens with zero attached hydrogens (tertiary/aromatic N) is 4. The van der Waals surface area contributed by atoms with Crippen LogP contribution in [0, 0.1) is 17.9 Å². The summed E-state index contributed by atoms with van der Waals surface area (Å²) in [4.78, 5) is 4.12. The SMILES string of the molecule is [C-]#[N+]c1cc(-n2c3ccc(-c4ccccc4)cc3c3c4ccccc4ccc32)c(C#N)cc1-n1c2ccccc2c2c3ccccc3ccc21. The Hall–Kier alpha value is -7.14. The van der Waals surface area contributed by atoms with Crippen LogP contribution < -0.4 is 0 Å². The molecule has 0 fully saturated rings. The van der Waals surface area contributed by atoms with Gasteiger partial charge in [0.25, 0.3) is 0 Å². The number of hydrogen-bond acceptors (Lipinski definition) is 1. The Kier molecular flexibility index (Phi) is 5.97. The number of rotatable bonds is 3. The summed E-state index contributed by atoms with van der Waals surface area (Å²) < 4.78 is 4.32. The zero-order valence-electron chi connectivity index (χ0n) is 26.8. The van der Waals surface area contributed by atoms with Crippen LogP contribution in [0.3, 0.4) is 0 Å². The molecule has 4 nitrogen and oxygen atoms in total. The summed E-state index contributed by atoms with van der Waals surface area (Å²) >= 11 is 0. The number of fused-ring (bicyclic) bond motifs is 10. The molecule has 10 aromatic rings. The van der Waals surface area contributed by atoms with Gasteiger partial charge >= 0.3 is 0 Å². The molecule has 2 heterocycles. The highest BCUT2D eigenvalue weighted by Crippen LogP contribution is 2.43. The Morgan fingerprint density at radius 1 is 0.460 bits per heavy atom. The fourth-order valence-corrected chi connectivity index (χ4v) is 7.97. The van der Waals surface area contributed by atoms with Crippen molar-refractivity contribution in [1.82, 2.24) is 9.13 Å². The molecule has 0 amide bonds. The van der Waals surface area contributed by atoms with Gasteiger partial charge in [0.15, 0.2) is 0 Å². The van der Waals surface area contributed by atoms with Gasteiger partial charge in [-0.2, -0.15) is 5.26 Å². The van der Waals surface area contributed by atoms with Crippen LogP contribution >= 0.6 is 0 Å². The fourth-order valence-electron chi connectivity index (χ4n) is 7.97. The predicted molar refractivity (Wildman–Crippen MR) is 207 cm³/mol. The first-order valence-corrected chi connectivity index (χ1v) is 16.6. The van der Waals surface area contributed by atoms with Crippen LogP contribution in [0.4, 0.5) is 5.69 Å². The summed E-state index contributed by atoms with van der Waals surface area (Å²) in [6, 6.07) is 57.0. The normalized spacial score (nSPS) is 11.6. The quantitative estimate of drug-likeness (QED) is 0.178. The van der Waals surface area contributed by atoms with E-state index in [-0.39, 0.29) is 0 Å². The van der Waals surface area contributed by atoms with Crippen LogP contribution in [-0.4, -0.2) is 9.13 Å². The predicted octanol–water partition coefficient (Wildman–Crippen LogP) is 12.3. The average Bonchev–Trinajstić information content (AvgIpc) is 3.70. The van der Waals surface area contributed by atoms with Crippen molar-refractivity contribution in [2.24, 2.45) is 0 Å². The van der Waals surface area contributed by atoms with E-state index in [1.807, 2.05) is 24.3 Å². The third kappa shape index (κ3) is 3.91. The van der Waals surface area contributed by atoms with Crippen LogP contribution in [-0.2, 0) is 0 Å². The number of benzene rings is 8. The molecule has 50 heavy (non-hydrogen) atoms. The number of hydrogen-bond donors (Lipinski definition) is 0. The van der Waals surface area contributed by atoms with E-state index in [2.05, 4.69) is 154 Å². The molecular formula is C46H26N4. The monoisotopic (exact) mass is 634 g/mol. The van der Waals surface area contributed by atoms with Gasteiger partial charge in [0.05, 0.1) is 45.6 Å². The Bertz CT molecular complexity index is 3110. The maximum absolute atomic E-state index is 10.8. The zero-order valence-corrected chi connectivity index (χ0v) is 26.8. The highest BCUT2D eigenvalue weighted by molar-refractivity contribution is 6.23. The molecule has 0 saturated carbocycles. The molecule has 0 aliphatic heterocycles. The molecule has 0 radical (unpaired) electrons. The molecule has 0 atom stereocenters. The van der Waals surface area contributed by atoms with E-state index in [1.54, 1.807) is 0 Å². The highest BCUT2D eigenvalue weighted by atomic mass is 15.0. The van der Waals surface area contributed by atoms with Crippen molar-refractivity contribution in [2.75, 3.05) is 0 Å². The van der Waals surface area contributed by atoms with E-state index in [1.165, 1.54) is 0 Å². The Labute approximate surface area is 287 Å². The van der Waals surface area contributed by atoms with Gasteiger partial charge in [-0.1, -0.05) is 115 Å². The lowest BCUT2D eigenvalue weighted by molar-refractivity contribution is 1.14. The van der Waals surface area contributed by atoms with Gasteiger partial charge in [-0.3, -0.25) is 0 Å². The first-order chi connectivity index (χ1) is 24.7. The average molecular weight is 635 g/mol. The number of aromatic nitrogens is 2. The molecule has 230 valence electrons. The van der Waals surface area contributed by atoms with Crippen LogP contribution in [0.15, 0.2) is 158 Å². The van der Waals surface area contributed by atoms with Crippen molar-refractivity contribution >= 4 is 70.8 Å². The number of nitriles is 1. The fraction of sp³-hybridized carbons (Fsp3) is 0. The smallest absolute Gasteiger partial charge is 0.212 e. The van der Waals surface area contributed by atoms with Crippen molar-refractivity contribution in [3.8, 4) is 28.6 Å². The lowest BCUT2D eigenvalue weighted by atomic mass is 10.0. The first kappa shape index (κ1) is 27.9. The highest BCUT2D eigenvalue weighted by Gasteiger charge is 2.22. The Balaban J connectivity index is 1.29. The molecule has 4 heteroatoms. The standard InChI is InChI=1S/C46H26N4/c1-48-38-27-43(33(28-47)26-44(38)50-39-18-10-9-17-36(39)45-34-15-7-5-13-30(34)19-23-41(45)50)49-40-22-21-32(29-11-3-2-4-12-29)25-37(40)46-35-16-8-6-14-31(35)20-24-42(46)49/h2-27H. The van der Waals surface area contributed by atoms with E-state index < -0.39 is 0 Å². The van der Waals surface area contributed by atoms with Crippen molar-refractivity contribution in [1.29, 1.82) is 5.26 Å². The Morgan fingerprint density at radius 3 is 1.70 bits per heavy atom. The molecule has 0 unspecified atom stereocenters. The molecule has 2 aromatic heterocycles. The number of para-hydroxylation sites is 1. The van der Waals surface area contributed by atoms with Gasteiger partial charge in [-0.25, -0.2) is 4.85 Å². The van der Waals surface area contributed by atoms with E-state index in [4.69, 9.17) is 6.57 Å². The van der Waals surface area contributed by atoms with E-state index in [9.17, 15) is 5.26 Å². The minimum atomic E-state index is 0.478. The zero-order chi connectivity index (χ0) is 33.3. The van der Waals surface area contributed by atoms with Gasteiger partial charge < -0.3 is 9.13 Å². The second-order valence-electron chi connectivity index (χ2n) is 12.7. The van der Waals surface area contributed by atoms with E-state index in [0.717, 1.165) is 76.3 Å². The van der Waals surface area contributed by atoms with E-state index in [0.29, 0.717) is 22.6 Å². The van der Waals surface area contributed by atoms with Gasteiger partial charge in [0.1, 0.15) is 6.07 Å². The van der Waals surface area contributed by atoms with Crippen molar-refractivity contribution < 1.29 is 0 Å². The molecule has 0 aliphatic carbocycles. The van der Waals surface area contributed by atoms with Crippen molar-refractivity contribution in [3.63, 3.8) is 0 Å². The molecular weight excluding hydrogens is 609 g/mol. The molecule has 8 aromatic carbocycles. The topological polar surface area (TPSA) is 38.0 Å². The molecule has 0 spiro atoms. The van der Waals surface area contributed by atoms with Gasteiger partial charge in [-0.15, -0.1) is 0 Å². The molecule has 0 bridgehead atoms. The maximum atomic E-state index is 10.8. The molecule has 0 saturated heterocycles. The third-order valence-electron chi connectivity index (χ3n) is 10.1. The largest absolute Gasteiger partial charge is 0.319 e. The van der Waals surface area contributed by atoms with Crippen LogP contribution in [0.5, 0.6) is 0 Å². The molecule has 10 rings (SSSR count). The first-order valence-electron chi connectivity index (χ1n) is 16.6. The van der Waals surface area contributed by atoms with Crippen molar-refractivity contribution in [2.45, 2.75) is 0 Å². The minimum Gasteiger partial charge on any atom is -0.319 e. The Morgan fingerprint density at radius 2 is 1.02 bits per heavy atom. The summed E-state index contributed by atoms with van der Waals surface area (Å²) in [6.45, 7) is 8.46. The van der Waals surface area contributed by atoms with Crippen LogP contribution in [0.1, 0.15) is 5.56 Å². The summed E-state index contributed by atoms with van der Waals surface area (Å²) in [5, 5.41) is 19.9. The summed E-state index contributed by atoms with van der Waals surface area (Å²) in [5.74, 6) is 0. The molecule has 0 aliphatic rings. The van der Waals surface area contributed by atoms with Gasteiger partial charge in [0.2, 0.25) is 5.69 Å². The third-order valence-corrected chi connectivity index (χ3v) is 10.1. The van der Waals surface area contributed by atoms with Crippen LogP contribution in [0.2, 0.25) is 0 Å². The lowest BCUT2D eigenvalue weighted by Gasteiger charge is -2.16. The minimum absolute atomic E-state index is 0.478. The van der Waals surface area contributed by atoms with Crippen molar-refractivity contribution in [3.05, 3.63) is 175 Å². The van der Waals surface area contributed by atoms with Gasteiger partial charge in [0, 0.05) is 21.5 Å². The summed E-state index contributed by atoms with van der Waals surface area (Å²) in [6.07, 6.45) is 0. The van der Waals surface area contributed by atoms with E-state index >= 15 is 0 Å². The summed E-state index contributed by atoms with van der Waals surface area (Å²) in [5.41, 5.74) is 8.61. The van der Waals surface area contributed by atoms with Crippen LogP contribution in [0.25, 0.3) is 92.5 Å². The second kappa shape index (κ2) is 10.7. The summed E-state index contributed by atoms with van der Waals surface area (Å²) in [7, 11) is 0. The maximum Gasteiger partial charge on any atom is 0.212 e. The van der Waals surface area contributed by atoms with Gasteiger partial charge in [-0.05, 0) is 75.1 Å². The lowest BCUT2D eigenvalue weighted by Crippen LogP contribution is -2.01. The second-order valence-corrected chi connectivity index (χ2v) is 12.7.